The molecule has 0 N–H and O–H groups in total. The number of thiol groups is 1. The first-order valence-corrected chi connectivity index (χ1v) is 7.48. The van der Waals surface area contributed by atoms with Crippen molar-refractivity contribution in [2.24, 2.45) is 0 Å². The van der Waals surface area contributed by atoms with Gasteiger partial charge in [0, 0.05) is 29.6 Å². The Labute approximate surface area is 140 Å². The fourth-order valence-electron chi connectivity index (χ4n) is 1.75. The Hall–Kier alpha value is 1.24. The minimum Gasteiger partial charge on any atom is -0.479 e. The topological polar surface area (TPSA) is 9.23 Å². The van der Waals surface area contributed by atoms with E-state index in [2.05, 4.69) is 19.6 Å². The molecule has 0 rings (SSSR count). The van der Waals surface area contributed by atoms with Gasteiger partial charge >= 0.3 is 0 Å². The molecule has 0 saturated heterocycles. The molecule has 1 radical (unpaired) electrons. The fraction of sp³-hybridized carbons (Fsp3) is 0.923. The summed E-state index contributed by atoms with van der Waals surface area (Å²) in [6.45, 7) is 3.00. The van der Waals surface area contributed by atoms with Crippen molar-refractivity contribution in [2.75, 3.05) is 6.61 Å². The monoisotopic (exact) mass is 285 g/mol. The smallest absolute Gasteiger partial charge is 0.216 e. The summed E-state index contributed by atoms with van der Waals surface area (Å²) in [5.74, 6) is 0. The summed E-state index contributed by atoms with van der Waals surface area (Å²) in [5, 5.41) is 0. The van der Waals surface area contributed by atoms with Crippen LogP contribution < -0.4 is 0 Å². The molecule has 4 heteroatoms. The third-order valence-corrected chi connectivity index (χ3v) is 2.97. The zero-order chi connectivity index (χ0) is 12.1. The SMILES string of the molecule is CCCCCCCCCCCCOC(=S)S.[Na]. The average molecular weight is 285 g/mol. The van der Waals surface area contributed by atoms with Gasteiger partial charge < -0.3 is 4.74 Å². The Bertz CT molecular complexity index is 165. The molecule has 0 aromatic carbocycles. The molecule has 97 valence electrons. The first-order valence-electron chi connectivity index (χ1n) is 6.63. The van der Waals surface area contributed by atoms with Gasteiger partial charge in [-0.3, -0.25) is 0 Å². The van der Waals surface area contributed by atoms with Crippen molar-refractivity contribution in [3.05, 3.63) is 0 Å². The van der Waals surface area contributed by atoms with Crippen LogP contribution in [0, 0.1) is 0 Å². The van der Waals surface area contributed by atoms with Crippen molar-refractivity contribution >= 4 is 58.8 Å². The average Bonchev–Trinajstić information content (AvgIpc) is 2.25. The van der Waals surface area contributed by atoms with E-state index in [0.29, 0.717) is 4.38 Å². The normalized spacial score (nSPS) is 9.76. The summed E-state index contributed by atoms with van der Waals surface area (Å²) in [6.07, 6.45) is 13.5. The van der Waals surface area contributed by atoms with E-state index in [1.54, 1.807) is 0 Å². The summed E-state index contributed by atoms with van der Waals surface area (Å²) in [4.78, 5) is 0. The summed E-state index contributed by atoms with van der Waals surface area (Å²) in [6, 6.07) is 0. The van der Waals surface area contributed by atoms with Crippen LogP contribution in [0.2, 0.25) is 0 Å². The molecule has 0 saturated carbocycles. The van der Waals surface area contributed by atoms with Gasteiger partial charge in [-0.2, -0.15) is 0 Å². The third kappa shape index (κ3) is 19.7. The molecule has 0 unspecified atom stereocenters. The summed E-state index contributed by atoms with van der Waals surface area (Å²) in [5.41, 5.74) is 0. The van der Waals surface area contributed by atoms with E-state index >= 15 is 0 Å². The van der Waals surface area contributed by atoms with Gasteiger partial charge in [0.2, 0.25) is 4.38 Å². The summed E-state index contributed by atoms with van der Waals surface area (Å²) < 4.78 is 5.48. The van der Waals surface area contributed by atoms with E-state index in [-0.39, 0.29) is 29.6 Å². The van der Waals surface area contributed by atoms with Crippen molar-refractivity contribution < 1.29 is 4.74 Å². The second kappa shape index (κ2) is 17.2. The molecular weight excluding hydrogens is 259 g/mol. The minimum absolute atomic E-state index is 0. The Morgan fingerprint density at radius 2 is 1.29 bits per heavy atom. The van der Waals surface area contributed by atoms with Crippen molar-refractivity contribution in [3.8, 4) is 0 Å². The van der Waals surface area contributed by atoms with Crippen LogP contribution in [-0.2, 0) is 4.74 Å². The van der Waals surface area contributed by atoms with E-state index in [0.717, 1.165) is 13.0 Å². The molecule has 0 atom stereocenters. The second-order valence-corrected chi connectivity index (χ2v) is 5.38. The number of hydrogen-bond donors (Lipinski definition) is 1. The molecular formula is C13H26NaOS2. The van der Waals surface area contributed by atoms with E-state index in [9.17, 15) is 0 Å². The van der Waals surface area contributed by atoms with Gasteiger partial charge in [0.15, 0.2) is 0 Å². The van der Waals surface area contributed by atoms with Gasteiger partial charge in [0.25, 0.3) is 0 Å². The molecule has 0 bridgehead atoms. The molecule has 0 amide bonds. The van der Waals surface area contributed by atoms with Crippen LogP contribution >= 0.6 is 24.8 Å². The van der Waals surface area contributed by atoms with Gasteiger partial charge in [0.05, 0.1) is 6.61 Å². The Morgan fingerprint density at radius 3 is 1.71 bits per heavy atom. The van der Waals surface area contributed by atoms with Crippen molar-refractivity contribution in [3.63, 3.8) is 0 Å². The molecule has 0 aromatic rings. The van der Waals surface area contributed by atoms with E-state index in [1.807, 2.05) is 0 Å². The van der Waals surface area contributed by atoms with Crippen LogP contribution in [0.3, 0.4) is 0 Å². The largest absolute Gasteiger partial charge is 0.479 e. The number of thiocarbonyl (C=S) groups is 1. The van der Waals surface area contributed by atoms with Gasteiger partial charge in [0.1, 0.15) is 0 Å². The van der Waals surface area contributed by atoms with Crippen LogP contribution in [-0.4, -0.2) is 40.5 Å². The van der Waals surface area contributed by atoms with Crippen molar-refractivity contribution in [2.45, 2.75) is 71.1 Å². The number of rotatable bonds is 11. The second-order valence-electron chi connectivity index (χ2n) is 4.30. The molecule has 0 aliphatic heterocycles. The van der Waals surface area contributed by atoms with Gasteiger partial charge in [-0.05, 0) is 18.6 Å². The molecule has 0 fully saturated rings. The maximum Gasteiger partial charge on any atom is 0.216 e. The minimum atomic E-state index is 0. The maximum absolute atomic E-state index is 5.11. The van der Waals surface area contributed by atoms with E-state index < -0.39 is 0 Å². The maximum atomic E-state index is 5.11. The Kier molecular flexibility index (Phi) is 20.8. The first-order chi connectivity index (χ1) is 7.77. The molecule has 0 spiro atoms. The zero-order valence-electron chi connectivity index (χ0n) is 11.5. The van der Waals surface area contributed by atoms with Crippen LogP contribution in [0.1, 0.15) is 71.1 Å². The molecule has 0 aromatic heterocycles. The third-order valence-electron chi connectivity index (χ3n) is 2.72. The number of unbranched alkanes of at least 4 members (excludes halogenated alkanes) is 9. The molecule has 17 heavy (non-hydrogen) atoms. The molecule has 0 aliphatic rings. The van der Waals surface area contributed by atoms with Gasteiger partial charge in [-0.1, -0.05) is 77.3 Å². The van der Waals surface area contributed by atoms with E-state index in [1.165, 1.54) is 57.8 Å². The molecule has 1 nitrogen and oxygen atoms in total. The van der Waals surface area contributed by atoms with Gasteiger partial charge in [-0.15, -0.1) is 0 Å². The van der Waals surface area contributed by atoms with Crippen molar-refractivity contribution in [1.82, 2.24) is 0 Å². The van der Waals surface area contributed by atoms with Crippen LogP contribution in [0.4, 0.5) is 0 Å². The Balaban J connectivity index is 0. The summed E-state index contributed by atoms with van der Waals surface area (Å²) >= 11 is 8.61. The first kappa shape index (κ1) is 20.6. The number of hydrogen-bond acceptors (Lipinski definition) is 2. The number of ether oxygens (including phenoxy) is 1. The van der Waals surface area contributed by atoms with Crippen LogP contribution in [0.15, 0.2) is 0 Å². The Morgan fingerprint density at radius 1 is 0.882 bits per heavy atom. The van der Waals surface area contributed by atoms with Crippen LogP contribution in [0.25, 0.3) is 0 Å². The molecule has 0 heterocycles. The van der Waals surface area contributed by atoms with E-state index in [4.69, 9.17) is 17.0 Å². The standard InChI is InChI=1S/C13H26OS2.Na/c1-2-3-4-5-6-7-8-9-10-11-12-14-13(15)16;/h2-12H2,1H3,(H,15,16);. The predicted octanol–water partition coefficient (Wildman–Crippen LogP) is 4.76. The summed E-state index contributed by atoms with van der Waals surface area (Å²) in [7, 11) is 0. The van der Waals surface area contributed by atoms with Crippen molar-refractivity contribution in [1.29, 1.82) is 0 Å². The zero-order valence-corrected chi connectivity index (χ0v) is 15.3. The fourth-order valence-corrected chi connectivity index (χ4v) is 1.92. The predicted molar refractivity (Wildman–Crippen MR) is 85.1 cm³/mol. The molecule has 0 aliphatic carbocycles. The van der Waals surface area contributed by atoms with Crippen LogP contribution in [0.5, 0.6) is 0 Å². The van der Waals surface area contributed by atoms with Gasteiger partial charge in [-0.25, -0.2) is 0 Å². The quantitative estimate of drug-likeness (QED) is 0.254.